The summed E-state index contributed by atoms with van der Waals surface area (Å²) in [6, 6.07) is 5.86. The van der Waals surface area contributed by atoms with Gasteiger partial charge in [-0.25, -0.2) is 4.39 Å². The van der Waals surface area contributed by atoms with Crippen molar-refractivity contribution in [2.75, 3.05) is 26.2 Å². The molecule has 1 N–H and O–H groups in total. The highest BCUT2D eigenvalue weighted by molar-refractivity contribution is 5.22. The first-order chi connectivity index (χ1) is 9.13. The van der Waals surface area contributed by atoms with Crippen LogP contribution in [-0.4, -0.2) is 42.4 Å². The zero-order chi connectivity index (χ0) is 13.7. The lowest BCUT2D eigenvalue weighted by Gasteiger charge is -2.32. The molecule has 0 amide bonds. The minimum absolute atomic E-state index is 0.247. The lowest BCUT2D eigenvalue weighted by atomic mass is 10.0. The highest BCUT2D eigenvalue weighted by atomic mass is 19.1. The molecule has 1 fully saturated rings. The number of aliphatic hydroxyl groups excluding tert-OH is 1. The third-order valence-corrected chi connectivity index (χ3v) is 3.47. The van der Waals surface area contributed by atoms with Crippen molar-refractivity contribution in [1.82, 2.24) is 4.90 Å². The Morgan fingerprint density at radius 1 is 1.42 bits per heavy atom. The molecule has 106 valence electrons. The average molecular weight is 267 g/mol. The molecule has 0 unspecified atom stereocenters. The zero-order valence-electron chi connectivity index (χ0n) is 11.4. The van der Waals surface area contributed by atoms with E-state index in [1.54, 1.807) is 12.1 Å². The summed E-state index contributed by atoms with van der Waals surface area (Å²) in [5, 5.41) is 9.96. The number of nitrogens with zero attached hydrogens (tertiary/aromatic N) is 1. The van der Waals surface area contributed by atoms with Crippen LogP contribution >= 0.6 is 0 Å². The molecule has 2 atom stereocenters. The molecule has 19 heavy (non-hydrogen) atoms. The molecule has 0 aliphatic carbocycles. The van der Waals surface area contributed by atoms with Crippen molar-refractivity contribution in [2.45, 2.75) is 25.9 Å². The molecule has 0 saturated carbocycles. The number of β-amino-alcohol motifs (C(OH)–C–C–N with tert-alkyl or cyclic N) is 1. The predicted molar refractivity (Wildman–Crippen MR) is 72.7 cm³/mol. The van der Waals surface area contributed by atoms with E-state index >= 15 is 0 Å². The molecule has 1 heterocycles. The average Bonchev–Trinajstić information content (AvgIpc) is 2.38. The number of hydrogen-bond donors (Lipinski definition) is 1. The van der Waals surface area contributed by atoms with Crippen molar-refractivity contribution in [3.05, 3.63) is 30.1 Å². The highest BCUT2D eigenvalue weighted by Crippen LogP contribution is 2.16. The van der Waals surface area contributed by atoms with Crippen molar-refractivity contribution in [3.63, 3.8) is 0 Å². The highest BCUT2D eigenvalue weighted by Gasteiger charge is 2.19. The molecule has 1 aromatic carbocycles. The van der Waals surface area contributed by atoms with Gasteiger partial charge in [0.2, 0.25) is 0 Å². The molecule has 1 saturated heterocycles. The molecule has 1 aromatic rings. The van der Waals surface area contributed by atoms with Gasteiger partial charge in [-0.15, -0.1) is 0 Å². The van der Waals surface area contributed by atoms with Gasteiger partial charge < -0.3 is 14.7 Å². The Morgan fingerprint density at radius 2 is 2.16 bits per heavy atom. The quantitative estimate of drug-likeness (QED) is 0.888. The van der Waals surface area contributed by atoms with E-state index < -0.39 is 6.10 Å². The Labute approximate surface area is 114 Å². The Kier molecular flexibility index (Phi) is 5.16. The fourth-order valence-electron chi connectivity index (χ4n) is 2.53. The lowest BCUT2D eigenvalue weighted by Crippen LogP contribution is -2.41. The molecule has 2 rings (SSSR count). The molecular weight excluding hydrogens is 245 g/mol. The van der Waals surface area contributed by atoms with Crippen LogP contribution in [0, 0.1) is 11.7 Å². The first-order valence-corrected chi connectivity index (χ1v) is 6.92. The summed E-state index contributed by atoms with van der Waals surface area (Å²) in [5.41, 5.74) is 0. The van der Waals surface area contributed by atoms with Gasteiger partial charge in [0.1, 0.15) is 24.3 Å². The summed E-state index contributed by atoms with van der Waals surface area (Å²) < 4.78 is 18.2. The number of piperidine rings is 1. The fourth-order valence-corrected chi connectivity index (χ4v) is 2.53. The van der Waals surface area contributed by atoms with Crippen molar-refractivity contribution in [1.29, 1.82) is 0 Å². The number of halogens is 1. The van der Waals surface area contributed by atoms with E-state index in [0.717, 1.165) is 13.1 Å². The smallest absolute Gasteiger partial charge is 0.123 e. The molecule has 0 aromatic heterocycles. The van der Waals surface area contributed by atoms with Gasteiger partial charge in [-0.05, 0) is 49.6 Å². The van der Waals surface area contributed by atoms with Crippen LogP contribution in [0.5, 0.6) is 5.75 Å². The molecular formula is C15H22FNO2. The Bertz CT molecular complexity index is 382. The SMILES string of the molecule is C[C@@H]1CCCN(C[C@H](O)COc2ccc(F)cc2)C1. The van der Waals surface area contributed by atoms with Crippen LogP contribution in [0.1, 0.15) is 19.8 Å². The number of aliphatic hydroxyl groups is 1. The number of ether oxygens (including phenoxy) is 1. The van der Waals surface area contributed by atoms with Crippen LogP contribution in [-0.2, 0) is 0 Å². The normalized spacial score (nSPS) is 22.2. The second-order valence-corrected chi connectivity index (χ2v) is 5.43. The summed E-state index contributed by atoms with van der Waals surface area (Å²) in [4.78, 5) is 2.28. The van der Waals surface area contributed by atoms with E-state index in [1.165, 1.54) is 25.0 Å². The van der Waals surface area contributed by atoms with Gasteiger partial charge in [-0.2, -0.15) is 0 Å². The maximum absolute atomic E-state index is 12.7. The van der Waals surface area contributed by atoms with Gasteiger partial charge in [0.25, 0.3) is 0 Å². The van der Waals surface area contributed by atoms with Crippen LogP contribution in [0.2, 0.25) is 0 Å². The van der Waals surface area contributed by atoms with Gasteiger partial charge in [-0.3, -0.25) is 0 Å². The molecule has 3 nitrogen and oxygen atoms in total. The van der Waals surface area contributed by atoms with Gasteiger partial charge in [0.05, 0.1) is 0 Å². The molecule has 0 spiro atoms. The fraction of sp³-hybridized carbons (Fsp3) is 0.600. The van der Waals surface area contributed by atoms with Crippen molar-refractivity contribution >= 4 is 0 Å². The number of likely N-dealkylation sites (tertiary alicyclic amines) is 1. The number of hydrogen-bond acceptors (Lipinski definition) is 3. The van der Waals surface area contributed by atoms with Gasteiger partial charge >= 0.3 is 0 Å². The summed E-state index contributed by atoms with van der Waals surface area (Å²) >= 11 is 0. The van der Waals surface area contributed by atoms with Crippen LogP contribution in [0.4, 0.5) is 4.39 Å². The second kappa shape index (κ2) is 6.87. The van der Waals surface area contributed by atoms with Crippen molar-refractivity contribution < 1.29 is 14.2 Å². The zero-order valence-corrected chi connectivity index (χ0v) is 11.4. The Balaban J connectivity index is 1.72. The Hall–Kier alpha value is -1.13. The first kappa shape index (κ1) is 14.3. The van der Waals surface area contributed by atoms with E-state index in [2.05, 4.69) is 11.8 Å². The van der Waals surface area contributed by atoms with E-state index in [9.17, 15) is 9.50 Å². The number of benzene rings is 1. The van der Waals surface area contributed by atoms with Crippen LogP contribution in [0.3, 0.4) is 0 Å². The number of rotatable bonds is 5. The minimum atomic E-state index is -0.504. The van der Waals surface area contributed by atoms with Crippen LogP contribution < -0.4 is 4.74 Å². The summed E-state index contributed by atoms with van der Waals surface area (Å²) in [6.07, 6.45) is 1.97. The predicted octanol–water partition coefficient (Wildman–Crippen LogP) is 2.30. The molecule has 1 aliphatic rings. The molecule has 1 aliphatic heterocycles. The summed E-state index contributed by atoms with van der Waals surface area (Å²) in [6.45, 7) is 5.24. The second-order valence-electron chi connectivity index (χ2n) is 5.43. The van der Waals surface area contributed by atoms with Gasteiger partial charge in [0, 0.05) is 13.1 Å². The van der Waals surface area contributed by atoms with Gasteiger partial charge in [-0.1, -0.05) is 6.92 Å². The van der Waals surface area contributed by atoms with Crippen molar-refractivity contribution in [2.24, 2.45) is 5.92 Å². The van der Waals surface area contributed by atoms with Crippen molar-refractivity contribution in [3.8, 4) is 5.75 Å². The first-order valence-electron chi connectivity index (χ1n) is 6.92. The van der Waals surface area contributed by atoms with E-state index in [4.69, 9.17) is 4.74 Å². The maximum atomic E-state index is 12.7. The van der Waals surface area contributed by atoms with Gasteiger partial charge in [0.15, 0.2) is 0 Å². The van der Waals surface area contributed by atoms with E-state index in [0.29, 0.717) is 18.2 Å². The summed E-state index contributed by atoms with van der Waals surface area (Å²) in [5.74, 6) is 1.02. The third kappa shape index (κ3) is 4.80. The monoisotopic (exact) mass is 267 g/mol. The van der Waals surface area contributed by atoms with E-state index in [1.807, 2.05) is 0 Å². The Morgan fingerprint density at radius 3 is 2.84 bits per heavy atom. The molecule has 4 heteroatoms. The van der Waals surface area contributed by atoms with Crippen LogP contribution in [0.15, 0.2) is 24.3 Å². The third-order valence-electron chi connectivity index (χ3n) is 3.47. The molecule has 0 bridgehead atoms. The minimum Gasteiger partial charge on any atom is -0.491 e. The summed E-state index contributed by atoms with van der Waals surface area (Å²) in [7, 11) is 0. The lowest BCUT2D eigenvalue weighted by molar-refractivity contribution is 0.0537. The maximum Gasteiger partial charge on any atom is 0.123 e. The largest absolute Gasteiger partial charge is 0.491 e. The topological polar surface area (TPSA) is 32.7 Å². The standard InChI is InChI=1S/C15H22FNO2/c1-12-3-2-8-17(9-12)10-14(18)11-19-15-6-4-13(16)5-7-15/h4-7,12,14,18H,2-3,8-11H2,1H3/t12-,14+/m1/s1. The van der Waals surface area contributed by atoms with E-state index in [-0.39, 0.29) is 12.4 Å². The molecule has 0 radical (unpaired) electrons. The van der Waals surface area contributed by atoms with Crippen LogP contribution in [0.25, 0.3) is 0 Å².